The first kappa shape index (κ1) is 9.33. The lowest BCUT2D eigenvalue weighted by Gasteiger charge is -2.02. The third kappa shape index (κ3) is 1.55. The summed E-state index contributed by atoms with van der Waals surface area (Å²) in [5, 5.41) is 3.93. The van der Waals surface area contributed by atoms with Crippen LogP contribution in [0.2, 0.25) is 0 Å². The summed E-state index contributed by atoms with van der Waals surface area (Å²) < 4.78 is 15.4. The Morgan fingerprint density at radius 1 is 1.43 bits per heavy atom. The van der Waals surface area contributed by atoms with Gasteiger partial charge in [-0.1, -0.05) is 15.9 Å². The van der Waals surface area contributed by atoms with Crippen LogP contribution in [0.1, 0.15) is 0 Å². The van der Waals surface area contributed by atoms with Crippen molar-refractivity contribution in [3.05, 3.63) is 34.8 Å². The monoisotopic (exact) mass is 255 g/mol. The van der Waals surface area contributed by atoms with Crippen LogP contribution in [0.5, 0.6) is 0 Å². The molecule has 5 heteroatoms. The highest BCUT2D eigenvalue weighted by Gasteiger charge is 2.09. The molecule has 0 aliphatic heterocycles. The molecule has 0 aliphatic carbocycles. The summed E-state index contributed by atoms with van der Waals surface area (Å²) in [4.78, 5) is 4.04. The van der Waals surface area contributed by atoms with Crippen LogP contribution in [0.25, 0.3) is 11.4 Å². The first-order valence-corrected chi connectivity index (χ1v) is 4.77. The van der Waals surface area contributed by atoms with E-state index in [2.05, 4.69) is 26.0 Å². The van der Waals surface area contributed by atoms with Crippen molar-refractivity contribution in [2.24, 2.45) is 7.05 Å². The molecule has 1 heterocycles. The Balaban J connectivity index is 2.62. The standard InChI is InChI=1S/C9H7BrFN3/c1-14-9(12-5-13-14)7-4-6(11)2-3-8(7)10/h2-5H,1H3. The third-order valence-corrected chi connectivity index (χ3v) is 2.57. The fraction of sp³-hybridized carbons (Fsp3) is 0.111. The molecule has 1 aromatic heterocycles. The van der Waals surface area contributed by atoms with Gasteiger partial charge in [0.15, 0.2) is 5.82 Å². The first-order valence-electron chi connectivity index (χ1n) is 3.98. The first-order chi connectivity index (χ1) is 6.68. The number of halogens is 2. The van der Waals surface area contributed by atoms with Gasteiger partial charge in [-0.2, -0.15) is 5.10 Å². The SMILES string of the molecule is Cn1ncnc1-c1cc(F)ccc1Br. The highest BCUT2D eigenvalue weighted by molar-refractivity contribution is 9.10. The molecule has 0 bridgehead atoms. The van der Waals surface area contributed by atoms with Crippen molar-refractivity contribution in [3.63, 3.8) is 0 Å². The van der Waals surface area contributed by atoms with Crippen LogP contribution in [0.4, 0.5) is 4.39 Å². The summed E-state index contributed by atoms with van der Waals surface area (Å²) >= 11 is 3.34. The molecule has 0 fully saturated rings. The van der Waals surface area contributed by atoms with Crippen LogP contribution in [-0.4, -0.2) is 14.8 Å². The van der Waals surface area contributed by atoms with Crippen molar-refractivity contribution in [1.29, 1.82) is 0 Å². The van der Waals surface area contributed by atoms with Crippen molar-refractivity contribution in [2.75, 3.05) is 0 Å². The maximum atomic E-state index is 13.0. The molecular formula is C9H7BrFN3. The average Bonchev–Trinajstić information content (AvgIpc) is 2.56. The summed E-state index contributed by atoms with van der Waals surface area (Å²) in [5.74, 6) is 0.350. The average molecular weight is 256 g/mol. The summed E-state index contributed by atoms with van der Waals surface area (Å²) in [6, 6.07) is 4.47. The third-order valence-electron chi connectivity index (χ3n) is 1.88. The minimum Gasteiger partial charge on any atom is -0.249 e. The fourth-order valence-electron chi connectivity index (χ4n) is 1.21. The van der Waals surface area contributed by atoms with Crippen molar-refractivity contribution in [2.45, 2.75) is 0 Å². The predicted octanol–water partition coefficient (Wildman–Crippen LogP) is 2.38. The topological polar surface area (TPSA) is 30.7 Å². The van der Waals surface area contributed by atoms with Crippen molar-refractivity contribution in [1.82, 2.24) is 14.8 Å². The molecule has 0 amide bonds. The second-order valence-corrected chi connectivity index (χ2v) is 3.69. The van der Waals surface area contributed by atoms with Crippen molar-refractivity contribution in [3.8, 4) is 11.4 Å². The van der Waals surface area contributed by atoms with Crippen LogP contribution in [0.15, 0.2) is 29.0 Å². The second-order valence-electron chi connectivity index (χ2n) is 2.83. The molecule has 2 aromatic rings. The van der Waals surface area contributed by atoms with Gasteiger partial charge < -0.3 is 0 Å². The quantitative estimate of drug-likeness (QED) is 0.784. The Morgan fingerprint density at radius 2 is 2.21 bits per heavy atom. The molecule has 0 unspecified atom stereocenters. The molecule has 0 saturated heterocycles. The zero-order valence-corrected chi connectivity index (χ0v) is 8.99. The van der Waals surface area contributed by atoms with Crippen molar-refractivity contribution >= 4 is 15.9 Å². The van der Waals surface area contributed by atoms with Gasteiger partial charge in [-0.3, -0.25) is 0 Å². The summed E-state index contributed by atoms with van der Waals surface area (Å²) in [7, 11) is 1.76. The summed E-state index contributed by atoms with van der Waals surface area (Å²) in [5.41, 5.74) is 0.699. The number of hydrogen-bond donors (Lipinski definition) is 0. The smallest absolute Gasteiger partial charge is 0.159 e. The minimum absolute atomic E-state index is 0.286. The van der Waals surface area contributed by atoms with Gasteiger partial charge in [0.25, 0.3) is 0 Å². The van der Waals surface area contributed by atoms with Crippen LogP contribution in [-0.2, 0) is 7.05 Å². The van der Waals surface area contributed by atoms with Crippen molar-refractivity contribution < 1.29 is 4.39 Å². The van der Waals surface area contributed by atoms with Gasteiger partial charge in [0.2, 0.25) is 0 Å². The molecule has 0 spiro atoms. The van der Waals surface area contributed by atoms with Crippen LogP contribution in [0.3, 0.4) is 0 Å². The van der Waals surface area contributed by atoms with E-state index in [0.29, 0.717) is 11.4 Å². The van der Waals surface area contributed by atoms with E-state index in [1.165, 1.54) is 18.5 Å². The summed E-state index contributed by atoms with van der Waals surface area (Å²) in [6.45, 7) is 0. The second kappa shape index (κ2) is 3.49. The molecular weight excluding hydrogens is 249 g/mol. The van der Waals surface area contributed by atoms with Gasteiger partial charge in [0.1, 0.15) is 12.1 Å². The molecule has 0 saturated carbocycles. The van der Waals surface area contributed by atoms with Gasteiger partial charge in [0.05, 0.1) is 0 Å². The molecule has 3 nitrogen and oxygen atoms in total. The lowest BCUT2D eigenvalue weighted by molar-refractivity contribution is 0.627. The highest BCUT2D eigenvalue weighted by Crippen LogP contribution is 2.26. The lowest BCUT2D eigenvalue weighted by atomic mass is 10.2. The lowest BCUT2D eigenvalue weighted by Crippen LogP contribution is -1.95. The van der Waals surface area contributed by atoms with Gasteiger partial charge >= 0.3 is 0 Å². The van der Waals surface area contributed by atoms with E-state index in [4.69, 9.17) is 0 Å². The zero-order valence-electron chi connectivity index (χ0n) is 7.41. The highest BCUT2D eigenvalue weighted by atomic mass is 79.9. The number of aryl methyl sites for hydroxylation is 1. The predicted molar refractivity (Wildman–Crippen MR) is 54.1 cm³/mol. The van der Waals surface area contributed by atoms with E-state index >= 15 is 0 Å². The Bertz CT molecular complexity index is 467. The number of aromatic nitrogens is 3. The van der Waals surface area contributed by atoms with Crippen LogP contribution >= 0.6 is 15.9 Å². The van der Waals surface area contributed by atoms with Gasteiger partial charge in [-0.15, -0.1) is 0 Å². The fourth-order valence-corrected chi connectivity index (χ4v) is 1.63. The van der Waals surface area contributed by atoms with Gasteiger partial charge in [0, 0.05) is 17.1 Å². The molecule has 14 heavy (non-hydrogen) atoms. The normalized spacial score (nSPS) is 10.5. The number of nitrogens with zero attached hydrogens (tertiary/aromatic N) is 3. The Hall–Kier alpha value is -1.23. The van der Waals surface area contributed by atoms with E-state index in [1.807, 2.05) is 0 Å². The zero-order chi connectivity index (χ0) is 10.1. The molecule has 2 rings (SSSR count). The molecule has 1 aromatic carbocycles. The van der Waals surface area contributed by atoms with Crippen LogP contribution in [0, 0.1) is 5.82 Å². The minimum atomic E-state index is -0.286. The van der Waals surface area contributed by atoms with E-state index in [0.717, 1.165) is 4.47 Å². The number of rotatable bonds is 1. The van der Waals surface area contributed by atoms with Gasteiger partial charge in [-0.25, -0.2) is 14.1 Å². The maximum Gasteiger partial charge on any atom is 0.159 e. The molecule has 0 radical (unpaired) electrons. The Labute approximate surface area is 88.7 Å². The number of benzene rings is 1. The molecule has 0 aliphatic rings. The van der Waals surface area contributed by atoms with E-state index in [9.17, 15) is 4.39 Å². The van der Waals surface area contributed by atoms with E-state index in [-0.39, 0.29) is 5.82 Å². The van der Waals surface area contributed by atoms with Crippen LogP contribution < -0.4 is 0 Å². The number of hydrogen-bond acceptors (Lipinski definition) is 2. The Morgan fingerprint density at radius 3 is 2.86 bits per heavy atom. The maximum absolute atomic E-state index is 13.0. The van der Waals surface area contributed by atoms with E-state index < -0.39 is 0 Å². The Kier molecular flexibility index (Phi) is 2.33. The molecule has 0 N–H and O–H groups in total. The molecule has 0 atom stereocenters. The largest absolute Gasteiger partial charge is 0.249 e. The van der Waals surface area contributed by atoms with Gasteiger partial charge in [-0.05, 0) is 18.2 Å². The summed E-state index contributed by atoms with van der Waals surface area (Å²) in [6.07, 6.45) is 1.44. The molecule has 72 valence electrons. The van der Waals surface area contributed by atoms with E-state index in [1.54, 1.807) is 17.8 Å².